The number of ether oxygens (including phenoxy) is 2. The zero-order valence-corrected chi connectivity index (χ0v) is 13.6. The van der Waals surface area contributed by atoms with E-state index in [-0.39, 0.29) is 25.0 Å². The molecule has 0 spiro atoms. The zero-order valence-electron chi connectivity index (χ0n) is 11.5. The fraction of sp³-hybridized carbons (Fsp3) is 0.714. The number of alkyl halides is 1. The van der Waals surface area contributed by atoms with Crippen molar-refractivity contribution in [2.75, 3.05) is 17.6 Å². The number of halogens is 1. The Morgan fingerprint density at radius 3 is 2.11 bits per heavy atom. The highest BCUT2D eigenvalue weighted by atomic mass is 127. The third-order valence-corrected chi connectivity index (χ3v) is 4.76. The number of allylic oxidation sites excluding steroid dienone is 1. The summed E-state index contributed by atoms with van der Waals surface area (Å²) in [5, 5.41) is 0. The van der Waals surface area contributed by atoms with Crippen molar-refractivity contribution in [2.24, 2.45) is 17.3 Å². The van der Waals surface area contributed by atoms with Crippen LogP contribution in [0.3, 0.4) is 0 Å². The first kappa shape index (κ1) is 16.5. The van der Waals surface area contributed by atoms with Crippen LogP contribution in [0.15, 0.2) is 12.7 Å². The van der Waals surface area contributed by atoms with Gasteiger partial charge < -0.3 is 9.47 Å². The second-order valence-corrected chi connectivity index (χ2v) is 5.63. The third-order valence-electron chi connectivity index (χ3n) is 3.63. The second kappa shape index (κ2) is 7.26. The molecule has 0 N–H and O–H groups in total. The van der Waals surface area contributed by atoms with E-state index in [2.05, 4.69) is 29.2 Å². The van der Waals surface area contributed by atoms with Gasteiger partial charge in [-0.2, -0.15) is 0 Å². The molecule has 0 radical (unpaired) electrons. The summed E-state index contributed by atoms with van der Waals surface area (Å²) in [6, 6.07) is 0. The van der Waals surface area contributed by atoms with Gasteiger partial charge in [0.2, 0.25) is 0 Å². The minimum absolute atomic E-state index is 0.158. The Bertz CT molecular complexity index is 335. The number of hydrogen-bond acceptors (Lipinski definition) is 4. The monoisotopic (exact) mass is 380 g/mol. The maximum absolute atomic E-state index is 12.2. The molecular weight excluding hydrogens is 359 g/mol. The van der Waals surface area contributed by atoms with Gasteiger partial charge in [0, 0.05) is 4.43 Å². The first-order chi connectivity index (χ1) is 9.05. The lowest BCUT2D eigenvalue weighted by molar-refractivity contribution is -0.172. The largest absolute Gasteiger partial charge is 0.465 e. The average Bonchev–Trinajstić information content (AvgIpc) is 2.79. The summed E-state index contributed by atoms with van der Waals surface area (Å²) < 4.78 is 11.1. The lowest BCUT2D eigenvalue weighted by Gasteiger charge is -2.24. The van der Waals surface area contributed by atoms with E-state index in [1.165, 1.54) is 0 Å². The molecule has 1 aliphatic rings. The molecule has 0 amide bonds. The van der Waals surface area contributed by atoms with Crippen molar-refractivity contribution in [2.45, 2.75) is 26.7 Å². The standard InChI is InChI=1S/C14H21IO4/c1-4-10-7-14(8-11(10)9-15,12(16)18-5-2)13(17)19-6-3/h4,10-11H,1,5-9H2,2-3H3. The Kier molecular flexibility index (Phi) is 6.29. The summed E-state index contributed by atoms with van der Waals surface area (Å²) in [7, 11) is 0. The fourth-order valence-electron chi connectivity index (χ4n) is 2.65. The van der Waals surface area contributed by atoms with Crippen LogP contribution in [0, 0.1) is 17.3 Å². The molecule has 19 heavy (non-hydrogen) atoms. The van der Waals surface area contributed by atoms with Gasteiger partial charge >= 0.3 is 11.9 Å². The van der Waals surface area contributed by atoms with Crippen LogP contribution in [0.25, 0.3) is 0 Å². The molecule has 4 nitrogen and oxygen atoms in total. The fourth-order valence-corrected chi connectivity index (χ4v) is 3.62. The predicted molar refractivity (Wildman–Crippen MR) is 81.0 cm³/mol. The maximum atomic E-state index is 12.2. The smallest absolute Gasteiger partial charge is 0.323 e. The number of carbonyl (C=O) groups is 2. The summed E-state index contributed by atoms with van der Waals surface area (Å²) >= 11 is 2.28. The van der Waals surface area contributed by atoms with Crippen molar-refractivity contribution in [3.8, 4) is 0 Å². The molecule has 5 heteroatoms. The maximum Gasteiger partial charge on any atom is 0.323 e. The molecule has 0 aromatic carbocycles. The van der Waals surface area contributed by atoms with Crippen LogP contribution in [0.4, 0.5) is 0 Å². The molecule has 1 rings (SSSR count). The molecule has 0 bridgehead atoms. The molecule has 108 valence electrons. The predicted octanol–water partition coefficient (Wildman–Crippen LogP) is 2.75. The minimum Gasteiger partial charge on any atom is -0.465 e. The van der Waals surface area contributed by atoms with Gasteiger partial charge in [0.15, 0.2) is 5.41 Å². The van der Waals surface area contributed by atoms with Crippen LogP contribution < -0.4 is 0 Å². The van der Waals surface area contributed by atoms with E-state index in [0.29, 0.717) is 12.8 Å². The summed E-state index contributed by atoms with van der Waals surface area (Å²) in [4.78, 5) is 24.5. The Balaban J connectivity index is 3.04. The summed E-state index contributed by atoms with van der Waals surface area (Å²) in [5.41, 5.74) is -1.14. The van der Waals surface area contributed by atoms with Gasteiger partial charge in [0.25, 0.3) is 0 Å². The van der Waals surface area contributed by atoms with Crippen LogP contribution in [0.2, 0.25) is 0 Å². The molecule has 0 saturated heterocycles. The molecule has 0 aromatic heterocycles. The topological polar surface area (TPSA) is 52.6 Å². The van der Waals surface area contributed by atoms with E-state index in [1.54, 1.807) is 13.8 Å². The van der Waals surface area contributed by atoms with Gasteiger partial charge in [-0.15, -0.1) is 6.58 Å². The SMILES string of the molecule is C=CC1CC(C(=O)OCC)(C(=O)OCC)CC1CI. The van der Waals surface area contributed by atoms with Crippen molar-refractivity contribution in [1.82, 2.24) is 0 Å². The number of hydrogen-bond donors (Lipinski definition) is 0. The quantitative estimate of drug-likeness (QED) is 0.234. The molecule has 2 unspecified atom stereocenters. The van der Waals surface area contributed by atoms with Crippen LogP contribution in [-0.2, 0) is 19.1 Å². The van der Waals surface area contributed by atoms with Gasteiger partial charge in [-0.05, 0) is 38.5 Å². The minimum atomic E-state index is -1.14. The van der Waals surface area contributed by atoms with Crippen LogP contribution >= 0.6 is 22.6 Å². The molecule has 1 saturated carbocycles. The van der Waals surface area contributed by atoms with Crippen LogP contribution in [-0.4, -0.2) is 29.6 Å². The van der Waals surface area contributed by atoms with E-state index in [0.717, 1.165) is 4.43 Å². The third kappa shape index (κ3) is 3.30. The van der Waals surface area contributed by atoms with Gasteiger partial charge in [0.05, 0.1) is 13.2 Å². The van der Waals surface area contributed by atoms with E-state index in [1.807, 2.05) is 6.08 Å². The number of esters is 2. The zero-order chi connectivity index (χ0) is 14.5. The highest BCUT2D eigenvalue weighted by molar-refractivity contribution is 14.1. The summed E-state index contributed by atoms with van der Waals surface area (Å²) in [6.07, 6.45) is 2.77. The van der Waals surface area contributed by atoms with Crippen molar-refractivity contribution in [3.63, 3.8) is 0 Å². The Morgan fingerprint density at radius 2 is 1.79 bits per heavy atom. The molecule has 2 atom stereocenters. The molecule has 0 aliphatic heterocycles. The number of rotatable bonds is 6. The molecule has 1 fully saturated rings. The Hall–Kier alpha value is -0.590. The second-order valence-electron chi connectivity index (χ2n) is 4.75. The molecular formula is C14H21IO4. The van der Waals surface area contributed by atoms with Gasteiger partial charge in [0.1, 0.15) is 0 Å². The van der Waals surface area contributed by atoms with Gasteiger partial charge in [-0.25, -0.2) is 0 Å². The molecule has 1 aliphatic carbocycles. The lowest BCUT2D eigenvalue weighted by atomic mass is 9.85. The average molecular weight is 380 g/mol. The van der Waals surface area contributed by atoms with Crippen molar-refractivity contribution < 1.29 is 19.1 Å². The lowest BCUT2D eigenvalue weighted by Crippen LogP contribution is -2.40. The van der Waals surface area contributed by atoms with Crippen molar-refractivity contribution >= 4 is 34.5 Å². The van der Waals surface area contributed by atoms with E-state index in [9.17, 15) is 9.59 Å². The highest BCUT2D eigenvalue weighted by Gasteiger charge is 2.56. The van der Waals surface area contributed by atoms with Gasteiger partial charge in [-0.1, -0.05) is 28.7 Å². The summed E-state index contributed by atoms with van der Waals surface area (Å²) in [5.74, 6) is -0.474. The summed E-state index contributed by atoms with van der Waals surface area (Å²) in [6.45, 7) is 7.84. The van der Waals surface area contributed by atoms with Gasteiger partial charge in [-0.3, -0.25) is 9.59 Å². The van der Waals surface area contributed by atoms with Crippen LogP contribution in [0.1, 0.15) is 26.7 Å². The number of carbonyl (C=O) groups excluding carboxylic acids is 2. The Labute approximate surface area is 128 Å². The molecule has 0 heterocycles. The van der Waals surface area contributed by atoms with Crippen LogP contribution in [0.5, 0.6) is 0 Å². The van der Waals surface area contributed by atoms with E-state index >= 15 is 0 Å². The van der Waals surface area contributed by atoms with E-state index < -0.39 is 17.4 Å². The molecule has 0 aromatic rings. The van der Waals surface area contributed by atoms with Crippen molar-refractivity contribution in [1.29, 1.82) is 0 Å². The Morgan fingerprint density at radius 1 is 1.26 bits per heavy atom. The highest BCUT2D eigenvalue weighted by Crippen LogP contribution is 2.48. The normalized spacial score (nSPS) is 24.8. The first-order valence-corrected chi connectivity index (χ1v) is 8.11. The van der Waals surface area contributed by atoms with E-state index in [4.69, 9.17) is 9.47 Å². The van der Waals surface area contributed by atoms with Crippen molar-refractivity contribution in [3.05, 3.63) is 12.7 Å². The first-order valence-electron chi connectivity index (χ1n) is 6.58.